The first kappa shape index (κ1) is 29.1. The molecule has 0 saturated carbocycles. The second-order valence-corrected chi connectivity index (χ2v) is 12.4. The summed E-state index contributed by atoms with van der Waals surface area (Å²) in [7, 11) is -1.98. The lowest BCUT2D eigenvalue weighted by molar-refractivity contribution is -0.140. The van der Waals surface area contributed by atoms with Crippen molar-refractivity contribution in [2.45, 2.75) is 42.5 Å². The van der Waals surface area contributed by atoms with Gasteiger partial charge in [0.05, 0.1) is 54.7 Å². The molecule has 3 heterocycles. The second-order valence-electron chi connectivity index (χ2n) is 10.4. The predicted octanol–water partition coefficient (Wildman–Crippen LogP) is 4.35. The van der Waals surface area contributed by atoms with Gasteiger partial charge in [0.1, 0.15) is 12.3 Å². The van der Waals surface area contributed by atoms with Crippen LogP contribution in [0.25, 0.3) is 10.9 Å². The number of likely N-dealkylation sites (tertiary alicyclic amines) is 1. The van der Waals surface area contributed by atoms with E-state index in [9.17, 15) is 21.6 Å². The summed E-state index contributed by atoms with van der Waals surface area (Å²) in [6, 6.07) is 12.2. The number of rotatable bonds is 8. The molecule has 2 aromatic carbocycles. The molecular formula is C29H33F3N4O4S. The van der Waals surface area contributed by atoms with Crippen molar-refractivity contribution in [3.05, 3.63) is 48.2 Å². The van der Waals surface area contributed by atoms with Crippen LogP contribution in [0.1, 0.15) is 18.5 Å². The molecule has 41 heavy (non-hydrogen) atoms. The van der Waals surface area contributed by atoms with Crippen molar-refractivity contribution in [2.75, 3.05) is 56.8 Å². The van der Waals surface area contributed by atoms with E-state index >= 15 is 0 Å². The minimum absolute atomic E-state index is 0.109. The number of sulfone groups is 1. The first-order chi connectivity index (χ1) is 19.5. The Hall–Kier alpha value is -3.40. The van der Waals surface area contributed by atoms with Crippen LogP contribution in [0.3, 0.4) is 0 Å². The molecule has 0 bridgehead atoms. The first-order valence-electron chi connectivity index (χ1n) is 13.4. The smallest absolute Gasteiger partial charge is 0.406 e. The lowest BCUT2D eigenvalue weighted by Crippen LogP contribution is -2.53. The molecule has 1 aromatic heterocycles. The zero-order valence-corrected chi connectivity index (χ0v) is 23.7. The van der Waals surface area contributed by atoms with Crippen LogP contribution >= 0.6 is 0 Å². The van der Waals surface area contributed by atoms with Gasteiger partial charge >= 0.3 is 6.18 Å². The van der Waals surface area contributed by atoms with Crippen molar-refractivity contribution in [1.29, 1.82) is 0 Å². The van der Waals surface area contributed by atoms with Crippen LogP contribution in [0.5, 0.6) is 5.75 Å². The molecule has 2 aliphatic heterocycles. The fourth-order valence-electron chi connectivity index (χ4n) is 5.25. The Morgan fingerprint density at radius 2 is 1.85 bits per heavy atom. The SMILES string of the molecule is COc1cc(S(C)(=O)=O)ccc1NCC#Cc1cc2c(NC3CCN(C4COC4)CC3)cccc2n1CC(F)(F)F. The Kier molecular flexibility index (Phi) is 8.40. The molecule has 0 atom stereocenters. The van der Waals surface area contributed by atoms with Gasteiger partial charge < -0.3 is 24.7 Å². The highest BCUT2D eigenvalue weighted by atomic mass is 32.2. The van der Waals surface area contributed by atoms with Gasteiger partial charge in [0.25, 0.3) is 0 Å². The van der Waals surface area contributed by atoms with Gasteiger partial charge in [-0.1, -0.05) is 12.0 Å². The van der Waals surface area contributed by atoms with Crippen molar-refractivity contribution >= 4 is 32.1 Å². The average molecular weight is 591 g/mol. The van der Waals surface area contributed by atoms with Crippen LogP contribution in [-0.4, -0.2) is 82.4 Å². The van der Waals surface area contributed by atoms with E-state index < -0.39 is 22.6 Å². The summed E-state index contributed by atoms with van der Waals surface area (Å²) in [6.07, 6.45) is -1.42. The second kappa shape index (κ2) is 11.8. The molecule has 0 unspecified atom stereocenters. The zero-order chi connectivity index (χ0) is 29.2. The van der Waals surface area contributed by atoms with Gasteiger partial charge in [-0.2, -0.15) is 13.2 Å². The van der Waals surface area contributed by atoms with Crippen molar-refractivity contribution < 1.29 is 31.1 Å². The maximum atomic E-state index is 13.6. The van der Waals surface area contributed by atoms with Crippen LogP contribution in [0, 0.1) is 11.8 Å². The Morgan fingerprint density at radius 1 is 1.10 bits per heavy atom. The number of halogens is 3. The number of anilines is 2. The van der Waals surface area contributed by atoms with Crippen LogP contribution in [-0.2, 0) is 21.1 Å². The molecule has 3 aromatic rings. The summed E-state index contributed by atoms with van der Waals surface area (Å²) in [6.45, 7) is 2.45. The molecule has 0 amide bonds. The normalized spacial score (nSPS) is 17.1. The molecule has 2 N–H and O–H groups in total. The van der Waals surface area contributed by atoms with E-state index in [1.807, 2.05) is 6.07 Å². The number of hydrogen-bond acceptors (Lipinski definition) is 7. The molecule has 220 valence electrons. The summed E-state index contributed by atoms with van der Waals surface area (Å²) in [4.78, 5) is 2.56. The van der Waals surface area contributed by atoms with Gasteiger partial charge in [-0.05, 0) is 49.1 Å². The number of piperidine rings is 1. The molecule has 8 nitrogen and oxygen atoms in total. The Labute approximate surface area is 237 Å². The number of ether oxygens (including phenoxy) is 2. The highest BCUT2D eigenvalue weighted by Gasteiger charge is 2.31. The fourth-order valence-corrected chi connectivity index (χ4v) is 5.89. The largest absolute Gasteiger partial charge is 0.495 e. The summed E-state index contributed by atoms with van der Waals surface area (Å²) in [5, 5.41) is 7.32. The van der Waals surface area contributed by atoms with Gasteiger partial charge in [-0.15, -0.1) is 0 Å². The van der Waals surface area contributed by atoms with Crippen molar-refractivity contribution in [3.8, 4) is 17.6 Å². The first-order valence-corrected chi connectivity index (χ1v) is 15.3. The highest BCUT2D eigenvalue weighted by molar-refractivity contribution is 7.90. The quantitative estimate of drug-likeness (QED) is 0.378. The highest BCUT2D eigenvalue weighted by Crippen LogP contribution is 2.32. The molecule has 2 fully saturated rings. The van der Waals surface area contributed by atoms with E-state index in [0.29, 0.717) is 28.4 Å². The molecule has 2 saturated heterocycles. The van der Waals surface area contributed by atoms with E-state index in [0.717, 1.165) is 51.1 Å². The summed E-state index contributed by atoms with van der Waals surface area (Å²) < 4.78 is 76.2. The Balaban J connectivity index is 1.35. The van der Waals surface area contributed by atoms with Crippen LogP contribution in [0.2, 0.25) is 0 Å². The molecular weight excluding hydrogens is 557 g/mol. The monoisotopic (exact) mass is 590 g/mol. The third-order valence-electron chi connectivity index (χ3n) is 7.49. The molecule has 0 spiro atoms. The van der Waals surface area contributed by atoms with E-state index in [1.165, 1.54) is 23.8 Å². The number of nitrogens with zero attached hydrogens (tertiary/aromatic N) is 2. The van der Waals surface area contributed by atoms with Gasteiger partial charge in [0.15, 0.2) is 9.84 Å². The van der Waals surface area contributed by atoms with Crippen LogP contribution in [0.15, 0.2) is 47.4 Å². The number of methoxy groups -OCH3 is 1. The van der Waals surface area contributed by atoms with E-state index in [-0.39, 0.29) is 23.2 Å². The number of alkyl halides is 3. The maximum Gasteiger partial charge on any atom is 0.406 e. The van der Waals surface area contributed by atoms with Gasteiger partial charge in [-0.3, -0.25) is 4.90 Å². The number of fused-ring (bicyclic) bond motifs is 1. The topological polar surface area (TPSA) is 84.8 Å². The number of nitrogens with one attached hydrogen (secondary N) is 2. The summed E-state index contributed by atoms with van der Waals surface area (Å²) in [5.74, 6) is 6.12. The molecule has 2 aliphatic rings. The van der Waals surface area contributed by atoms with Gasteiger partial charge in [0, 0.05) is 42.5 Å². The van der Waals surface area contributed by atoms with E-state index in [2.05, 4.69) is 27.4 Å². The molecule has 5 rings (SSSR count). The zero-order valence-electron chi connectivity index (χ0n) is 22.9. The van der Waals surface area contributed by atoms with Crippen molar-refractivity contribution in [3.63, 3.8) is 0 Å². The third-order valence-corrected chi connectivity index (χ3v) is 8.60. The summed E-state index contributed by atoms with van der Waals surface area (Å²) in [5.41, 5.74) is 2.04. The minimum Gasteiger partial charge on any atom is -0.495 e. The number of benzene rings is 2. The molecule has 12 heteroatoms. The fraction of sp³-hybridized carbons (Fsp3) is 0.448. The van der Waals surface area contributed by atoms with Gasteiger partial charge in [0.2, 0.25) is 0 Å². The standard InChI is InChI=1S/C29H33F3N4O4S/c1-39-28-16-23(41(2,37)38)8-9-26(28)33-12-4-5-21-15-24-25(6-3-7-27(24)36(21)19-29(30,31)32)34-20-10-13-35(14-11-20)22-17-40-18-22/h3,6-9,15-16,20,22,33-34H,10-14,17-19H2,1-2H3. The predicted molar refractivity (Wildman–Crippen MR) is 152 cm³/mol. The van der Waals surface area contributed by atoms with E-state index in [4.69, 9.17) is 9.47 Å². The number of hydrogen-bond donors (Lipinski definition) is 2. The molecule has 0 aliphatic carbocycles. The van der Waals surface area contributed by atoms with E-state index in [1.54, 1.807) is 24.3 Å². The van der Waals surface area contributed by atoms with Crippen LogP contribution < -0.4 is 15.4 Å². The Morgan fingerprint density at radius 3 is 2.49 bits per heavy atom. The van der Waals surface area contributed by atoms with Crippen molar-refractivity contribution in [1.82, 2.24) is 9.47 Å². The van der Waals surface area contributed by atoms with Gasteiger partial charge in [-0.25, -0.2) is 8.42 Å². The van der Waals surface area contributed by atoms with Crippen molar-refractivity contribution in [2.24, 2.45) is 0 Å². The lowest BCUT2D eigenvalue weighted by atomic mass is 10.0. The lowest BCUT2D eigenvalue weighted by Gasteiger charge is -2.41. The summed E-state index contributed by atoms with van der Waals surface area (Å²) >= 11 is 0. The number of aromatic nitrogens is 1. The minimum atomic E-state index is -4.42. The maximum absolute atomic E-state index is 13.6. The third kappa shape index (κ3) is 6.92. The molecule has 0 radical (unpaired) electrons. The Bertz CT molecular complexity index is 1560. The van der Waals surface area contributed by atoms with Crippen LogP contribution in [0.4, 0.5) is 24.5 Å². The average Bonchev–Trinajstić information content (AvgIpc) is 3.22.